The molecular weight excluding hydrogens is 398 g/mol. The maximum atomic E-state index is 12.4. The molecule has 7 heteroatoms. The molecule has 0 aliphatic carbocycles. The number of carbonyl (C=O) groups is 2. The molecular formula is C23H27N3O3S. The second-order valence-corrected chi connectivity index (χ2v) is 8.10. The van der Waals surface area contributed by atoms with Gasteiger partial charge in [0, 0.05) is 6.20 Å². The van der Waals surface area contributed by atoms with E-state index in [1.165, 1.54) is 62.9 Å². The van der Waals surface area contributed by atoms with E-state index in [1.54, 1.807) is 23.9 Å². The SMILES string of the molecule is CCCCCCCCCSc1ccc(C(=O)Nc2ccc(C#N)cc2C(=O)O)cn1. The van der Waals surface area contributed by atoms with Crippen LogP contribution in [-0.2, 0) is 0 Å². The number of carboxylic acids is 1. The minimum Gasteiger partial charge on any atom is -0.478 e. The van der Waals surface area contributed by atoms with E-state index in [0.717, 1.165) is 17.2 Å². The van der Waals surface area contributed by atoms with Gasteiger partial charge in [0.05, 0.1) is 33.5 Å². The maximum Gasteiger partial charge on any atom is 0.337 e. The van der Waals surface area contributed by atoms with Crippen LogP contribution in [0.1, 0.15) is 78.1 Å². The van der Waals surface area contributed by atoms with Crippen LogP contribution in [0, 0.1) is 11.3 Å². The number of nitriles is 1. The summed E-state index contributed by atoms with van der Waals surface area (Å²) in [6.07, 6.45) is 10.4. The van der Waals surface area contributed by atoms with Crippen LogP contribution in [0.3, 0.4) is 0 Å². The Morgan fingerprint density at radius 2 is 1.83 bits per heavy atom. The van der Waals surface area contributed by atoms with E-state index in [1.807, 2.05) is 6.07 Å². The molecule has 0 unspecified atom stereocenters. The topological polar surface area (TPSA) is 103 Å². The number of nitrogens with one attached hydrogen (secondary N) is 1. The molecule has 0 saturated carbocycles. The zero-order chi connectivity index (χ0) is 21.8. The number of aromatic nitrogens is 1. The highest BCUT2D eigenvalue weighted by atomic mass is 32.2. The van der Waals surface area contributed by atoms with Crippen molar-refractivity contribution in [3.05, 3.63) is 53.2 Å². The van der Waals surface area contributed by atoms with Crippen LogP contribution in [-0.4, -0.2) is 27.7 Å². The van der Waals surface area contributed by atoms with Crippen molar-refractivity contribution in [3.8, 4) is 6.07 Å². The summed E-state index contributed by atoms with van der Waals surface area (Å²) in [6.45, 7) is 2.22. The Morgan fingerprint density at radius 1 is 1.10 bits per heavy atom. The number of aromatic carboxylic acids is 1. The van der Waals surface area contributed by atoms with Gasteiger partial charge in [-0.1, -0.05) is 45.4 Å². The number of unbranched alkanes of at least 4 members (excludes halogenated alkanes) is 6. The molecule has 1 aromatic heterocycles. The van der Waals surface area contributed by atoms with Crippen molar-refractivity contribution in [1.29, 1.82) is 5.26 Å². The number of benzene rings is 1. The molecule has 0 fully saturated rings. The first-order valence-electron chi connectivity index (χ1n) is 10.2. The van der Waals surface area contributed by atoms with Gasteiger partial charge >= 0.3 is 5.97 Å². The van der Waals surface area contributed by atoms with Gasteiger partial charge in [0.15, 0.2) is 0 Å². The molecule has 0 spiro atoms. The van der Waals surface area contributed by atoms with E-state index in [9.17, 15) is 14.7 Å². The molecule has 6 nitrogen and oxygen atoms in total. The first-order chi connectivity index (χ1) is 14.5. The van der Waals surface area contributed by atoms with Crippen molar-refractivity contribution in [2.75, 3.05) is 11.1 Å². The summed E-state index contributed by atoms with van der Waals surface area (Å²) >= 11 is 1.67. The van der Waals surface area contributed by atoms with Crippen molar-refractivity contribution >= 4 is 29.3 Å². The second-order valence-electron chi connectivity index (χ2n) is 6.99. The number of thioether (sulfide) groups is 1. The van der Waals surface area contributed by atoms with E-state index in [-0.39, 0.29) is 16.8 Å². The normalized spacial score (nSPS) is 10.4. The van der Waals surface area contributed by atoms with Crippen LogP contribution in [0.4, 0.5) is 5.69 Å². The molecule has 1 amide bonds. The third kappa shape index (κ3) is 7.53. The Bertz CT molecular complexity index is 892. The molecule has 1 heterocycles. The van der Waals surface area contributed by atoms with E-state index in [4.69, 9.17) is 5.26 Å². The second kappa shape index (κ2) is 12.7. The van der Waals surface area contributed by atoms with Gasteiger partial charge in [-0.3, -0.25) is 4.79 Å². The zero-order valence-corrected chi connectivity index (χ0v) is 18.0. The number of hydrogen-bond donors (Lipinski definition) is 2. The Hall–Kier alpha value is -2.85. The Balaban J connectivity index is 1.84. The summed E-state index contributed by atoms with van der Waals surface area (Å²) in [7, 11) is 0. The van der Waals surface area contributed by atoms with Gasteiger partial charge in [-0.05, 0) is 42.5 Å². The number of nitrogens with zero attached hydrogens (tertiary/aromatic N) is 2. The summed E-state index contributed by atoms with van der Waals surface area (Å²) in [5.41, 5.74) is 0.575. The van der Waals surface area contributed by atoms with E-state index >= 15 is 0 Å². The molecule has 0 bridgehead atoms. The fourth-order valence-corrected chi connectivity index (χ4v) is 3.78. The minimum absolute atomic E-state index is 0.128. The number of carboxylic acid groups (broad SMARTS) is 1. The van der Waals surface area contributed by atoms with Crippen molar-refractivity contribution in [3.63, 3.8) is 0 Å². The van der Waals surface area contributed by atoms with Crippen molar-refractivity contribution in [1.82, 2.24) is 4.98 Å². The van der Waals surface area contributed by atoms with Crippen LogP contribution >= 0.6 is 11.8 Å². The number of carbonyl (C=O) groups excluding carboxylic acids is 1. The van der Waals surface area contributed by atoms with E-state index in [2.05, 4.69) is 17.2 Å². The van der Waals surface area contributed by atoms with Gasteiger partial charge in [-0.25, -0.2) is 9.78 Å². The Kier molecular flexibility index (Phi) is 9.88. The number of anilines is 1. The Morgan fingerprint density at radius 3 is 2.47 bits per heavy atom. The number of amides is 1. The van der Waals surface area contributed by atoms with E-state index < -0.39 is 11.9 Å². The number of hydrogen-bond acceptors (Lipinski definition) is 5. The number of rotatable bonds is 12. The Labute approximate surface area is 181 Å². The van der Waals surface area contributed by atoms with Gasteiger partial charge in [-0.2, -0.15) is 5.26 Å². The zero-order valence-electron chi connectivity index (χ0n) is 17.2. The molecule has 158 valence electrons. The molecule has 2 N–H and O–H groups in total. The molecule has 2 aromatic rings. The number of pyridine rings is 1. The summed E-state index contributed by atoms with van der Waals surface area (Å²) in [4.78, 5) is 28.2. The molecule has 0 atom stereocenters. The molecule has 30 heavy (non-hydrogen) atoms. The van der Waals surface area contributed by atoms with Gasteiger partial charge in [-0.15, -0.1) is 11.8 Å². The van der Waals surface area contributed by atoms with Crippen LogP contribution in [0.25, 0.3) is 0 Å². The lowest BCUT2D eigenvalue weighted by Gasteiger charge is -2.09. The van der Waals surface area contributed by atoms with Crippen molar-refractivity contribution in [2.24, 2.45) is 0 Å². The first kappa shape index (κ1) is 23.4. The third-order valence-electron chi connectivity index (χ3n) is 4.62. The third-order valence-corrected chi connectivity index (χ3v) is 5.65. The first-order valence-corrected chi connectivity index (χ1v) is 11.2. The van der Waals surface area contributed by atoms with Crippen LogP contribution < -0.4 is 5.32 Å². The summed E-state index contributed by atoms with van der Waals surface area (Å²) in [5.74, 6) is -0.657. The lowest BCUT2D eigenvalue weighted by Crippen LogP contribution is -2.15. The fraction of sp³-hybridized carbons (Fsp3) is 0.391. The largest absolute Gasteiger partial charge is 0.478 e. The molecule has 0 saturated heterocycles. The monoisotopic (exact) mass is 425 g/mol. The summed E-state index contributed by atoms with van der Waals surface area (Å²) in [5, 5.41) is 21.7. The smallest absolute Gasteiger partial charge is 0.337 e. The highest BCUT2D eigenvalue weighted by Gasteiger charge is 2.15. The van der Waals surface area contributed by atoms with Crippen LogP contribution in [0.15, 0.2) is 41.6 Å². The van der Waals surface area contributed by atoms with Gasteiger partial charge < -0.3 is 10.4 Å². The molecule has 0 radical (unpaired) electrons. The van der Waals surface area contributed by atoms with E-state index in [0.29, 0.717) is 5.56 Å². The highest BCUT2D eigenvalue weighted by Crippen LogP contribution is 2.21. The van der Waals surface area contributed by atoms with Gasteiger partial charge in [0.1, 0.15) is 0 Å². The van der Waals surface area contributed by atoms with Gasteiger partial charge in [0.25, 0.3) is 5.91 Å². The minimum atomic E-state index is -1.21. The van der Waals surface area contributed by atoms with Gasteiger partial charge in [0.2, 0.25) is 0 Å². The summed E-state index contributed by atoms with van der Waals surface area (Å²) < 4.78 is 0. The highest BCUT2D eigenvalue weighted by molar-refractivity contribution is 7.99. The van der Waals surface area contributed by atoms with Crippen LogP contribution in [0.5, 0.6) is 0 Å². The molecule has 2 rings (SSSR count). The molecule has 1 aromatic carbocycles. The van der Waals surface area contributed by atoms with Crippen molar-refractivity contribution in [2.45, 2.75) is 56.9 Å². The maximum absolute atomic E-state index is 12.4. The lowest BCUT2D eigenvalue weighted by molar-refractivity contribution is 0.0698. The molecule has 0 aliphatic heterocycles. The quantitative estimate of drug-likeness (QED) is 0.332. The molecule has 0 aliphatic rings. The predicted molar refractivity (Wildman–Crippen MR) is 119 cm³/mol. The van der Waals surface area contributed by atoms with Crippen LogP contribution in [0.2, 0.25) is 0 Å². The average Bonchev–Trinajstić information content (AvgIpc) is 2.76. The lowest BCUT2D eigenvalue weighted by atomic mass is 10.1. The summed E-state index contributed by atoms with van der Waals surface area (Å²) in [6, 6.07) is 9.49. The predicted octanol–water partition coefficient (Wildman–Crippen LogP) is 5.75. The van der Waals surface area contributed by atoms with Crippen molar-refractivity contribution < 1.29 is 14.7 Å². The fourth-order valence-electron chi connectivity index (χ4n) is 2.93. The average molecular weight is 426 g/mol. The standard InChI is InChI=1S/C23H27N3O3S/c1-2-3-4-5-6-7-8-13-30-21-12-10-18(16-25-21)22(27)26-20-11-9-17(15-24)14-19(20)23(28)29/h9-12,14,16H,2-8,13H2,1H3,(H,26,27)(H,28,29).